The Bertz CT molecular complexity index is 616. The summed E-state index contributed by atoms with van der Waals surface area (Å²) in [4.78, 5) is 12.3. The van der Waals surface area contributed by atoms with Crippen molar-refractivity contribution in [1.29, 1.82) is 0 Å². The van der Waals surface area contributed by atoms with Crippen LogP contribution in [0.5, 0.6) is 0 Å². The molecule has 7 heteroatoms. The lowest BCUT2D eigenvalue weighted by Crippen LogP contribution is -2.34. The van der Waals surface area contributed by atoms with Gasteiger partial charge in [0.25, 0.3) is 0 Å². The highest BCUT2D eigenvalue weighted by Crippen LogP contribution is 2.17. The summed E-state index contributed by atoms with van der Waals surface area (Å²) in [6.45, 7) is 5.98. The summed E-state index contributed by atoms with van der Waals surface area (Å²) in [5, 5.41) is 14.7. The van der Waals surface area contributed by atoms with Crippen LogP contribution in [-0.2, 0) is 4.79 Å². The van der Waals surface area contributed by atoms with Gasteiger partial charge in [0.1, 0.15) is 0 Å². The Morgan fingerprint density at radius 1 is 1.30 bits per heavy atom. The number of tetrazole rings is 1. The number of para-hydroxylation sites is 1. The van der Waals surface area contributed by atoms with Crippen molar-refractivity contribution in [1.82, 2.24) is 25.5 Å². The number of aromatic nitrogens is 4. The van der Waals surface area contributed by atoms with Gasteiger partial charge in [0.05, 0.1) is 17.0 Å². The summed E-state index contributed by atoms with van der Waals surface area (Å²) in [6, 6.07) is 9.39. The van der Waals surface area contributed by atoms with Gasteiger partial charge in [0.2, 0.25) is 5.91 Å². The average molecular weight is 333 g/mol. The van der Waals surface area contributed by atoms with Gasteiger partial charge in [0.15, 0.2) is 5.82 Å². The minimum absolute atomic E-state index is 0.0150. The Labute approximate surface area is 141 Å². The van der Waals surface area contributed by atoms with Crippen LogP contribution in [0, 0.1) is 0 Å². The van der Waals surface area contributed by atoms with Crippen molar-refractivity contribution in [3.05, 3.63) is 36.2 Å². The third-order valence-corrected chi connectivity index (χ3v) is 4.71. The third kappa shape index (κ3) is 4.79. The Kier molecular flexibility index (Phi) is 6.58. The molecule has 2 unspecified atom stereocenters. The first kappa shape index (κ1) is 17.5. The van der Waals surface area contributed by atoms with Gasteiger partial charge in [-0.05, 0) is 48.6 Å². The third-order valence-electron chi connectivity index (χ3n) is 3.48. The summed E-state index contributed by atoms with van der Waals surface area (Å²) >= 11 is 1.68. The number of carbonyl (C=O) groups is 1. The van der Waals surface area contributed by atoms with E-state index in [9.17, 15) is 4.79 Å². The van der Waals surface area contributed by atoms with E-state index < -0.39 is 0 Å². The van der Waals surface area contributed by atoms with E-state index >= 15 is 0 Å². The summed E-state index contributed by atoms with van der Waals surface area (Å²) in [6.07, 6.45) is 2.27. The lowest BCUT2D eigenvalue weighted by atomic mass is 10.2. The molecule has 0 bridgehead atoms. The van der Waals surface area contributed by atoms with Gasteiger partial charge >= 0.3 is 0 Å². The van der Waals surface area contributed by atoms with Gasteiger partial charge in [-0.1, -0.05) is 31.5 Å². The van der Waals surface area contributed by atoms with Crippen LogP contribution in [0.2, 0.25) is 0 Å². The molecular weight excluding hydrogens is 310 g/mol. The molecule has 0 aliphatic heterocycles. The number of carbonyl (C=O) groups excluding carboxylic acids is 1. The average Bonchev–Trinajstić information content (AvgIpc) is 3.05. The highest BCUT2D eigenvalue weighted by Gasteiger charge is 2.20. The van der Waals surface area contributed by atoms with Crippen LogP contribution >= 0.6 is 11.8 Å². The van der Waals surface area contributed by atoms with E-state index in [2.05, 4.69) is 27.8 Å². The number of benzene rings is 1. The van der Waals surface area contributed by atoms with Gasteiger partial charge in [0, 0.05) is 0 Å². The van der Waals surface area contributed by atoms with Crippen LogP contribution in [0.25, 0.3) is 5.69 Å². The minimum Gasteiger partial charge on any atom is -0.345 e. The van der Waals surface area contributed by atoms with Gasteiger partial charge in [-0.25, -0.2) is 0 Å². The quantitative estimate of drug-likeness (QED) is 0.752. The van der Waals surface area contributed by atoms with Gasteiger partial charge < -0.3 is 5.32 Å². The van der Waals surface area contributed by atoms with Gasteiger partial charge in [-0.15, -0.1) is 16.9 Å². The number of unbranched alkanes of at least 4 members (excludes halogenated alkanes) is 1. The summed E-state index contributed by atoms with van der Waals surface area (Å²) in [7, 11) is 0. The molecule has 0 aliphatic carbocycles. The largest absolute Gasteiger partial charge is 0.345 e. The van der Waals surface area contributed by atoms with E-state index in [0.29, 0.717) is 5.82 Å². The maximum atomic E-state index is 12.3. The second-order valence-electron chi connectivity index (χ2n) is 5.38. The van der Waals surface area contributed by atoms with Crippen LogP contribution < -0.4 is 5.32 Å². The molecule has 0 saturated carbocycles. The van der Waals surface area contributed by atoms with Crippen molar-refractivity contribution in [3.63, 3.8) is 0 Å². The highest BCUT2D eigenvalue weighted by atomic mass is 32.2. The number of nitrogens with one attached hydrogen (secondary N) is 1. The number of rotatable bonds is 8. The molecule has 6 nitrogen and oxygen atoms in total. The minimum atomic E-state index is -0.257. The highest BCUT2D eigenvalue weighted by molar-refractivity contribution is 8.00. The SMILES string of the molecule is CCCCSC(C)C(=O)NC(C)c1nnnn1-c1ccccc1. The van der Waals surface area contributed by atoms with Crippen molar-refractivity contribution in [2.75, 3.05) is 5.75 Å². The summed E-state index contributed by atoms with van der Waals surface area (Å²) in [5.41, 5.74) is 0.874. The van der Waals surface area contributed by atoms with Crippen molar-refractivity contribution in [3.8, 4) is 5.69 Å². The molecule has 23 heavy (non-hydrogen) atoms. The molecule has 2 aromatic rings. The lowest BCUT2D eigenvalue weighted by molar-refractivity contribution is -0.121. The molecule has 124 valence electrons. The zero-order valence-electron chi connectivity index (χ0n) is 13.8. The molecule has 1 aromatic heterocycles. The zero-order valence-corrected chi connectivity index (χ0v) is 14.6. The van der Waals surface area contributed by atoms with E-state index in [1.807, 2.05) is 44.2 Å². The molecule has 0 aliphatic rings. The summed E-state index contributed by atoms with van der Waals surface area (Å²) < 4.78 is 1.65. The monoisotopic (exact) mass is 333 g/mol. The number of thioether (sulfide) groups is 1. The van der Waals surface area contributed by atoms with E-state index in [1.54, 1.807) is 16.4 Å². The van der Waals surface area contributed by atoms with Crippen LogP contribution in [0.3, 0.4) is 0 Å². The first-order chi connectivity index (χ1) is 11.1. The number of amides is 1. The van der Waals surface area contributed by atoms with E-state index in [-0.39, 0.29) is 17.2 Å². The number of hydrogen-bond donors (Lipinski definition) is 1. The fourth-order valence-electron chi connectivity index (χ4n) is 2.09. The van der Waals surface area contributed by atoms with Crippen LogP contribution in [0.4, 0.5) is 0 Å². The Morgan fingerprint density at radius 3 is 2.74 bits per heavy atom. The van der Waals surface area contributed by atoms with Crippen LogP contribution in [0.1, 0.15) is 45.5 Å². The van der Waals surface area contributed by atoms with E-state index in [1.165, 1.54) is 0 Å². The molecule has 1 aromatic carbocycles. The van der Waals surface area contributed by atoms with Crippen molar-refractivity contribution < 1.29 is 4.79 Å². The smallest absolute Gasteiger partial charge is 0.233 e. The summed E-state index contributed by atoms with van der Waals surface area (Å²) in [5.74, 6) is 1.64. The topological polar surface area (TPSA) is 72.7 Å². The van der Waals surface area contributed by atoms with E-state index in [4.69, 9.17) is 0 Å². The molecule has 0 fully saturated rings. The molecule has 1 N–H and O–H groups in total. The molecule has 2 atom stereocenters. The molecule has 1 amide bonds. The Morgan fingerprint density at radius 2 is 2.04 bits per heavy atom. The fourth-order valence-corrected chi connectivity index (χ4v) is 3.12. The second-order valence-corrected chi connectivity index (χ2v) is 6.83. The molecule has 0 spiro atoms. The lowest BCUT2D eigenvalue weighted by Gasteiger charge is -2.17. The zero-order chi connectivity index (χ0) is 16.7. The van der Waals surface area contributed by atoms with Gasteiger partial charge in [-0.2, -0.15) is 4.68 Å². The molecular formula is C16H23N5OS. The standard InChI is InChI=1S/C16H23N5OS/c1-4-5-11-23-13(3)16(22)17-12(2)15-18-19-20-21(15)14-9-7-6-8-10-14/h6-10,12-13H,4-5,11H2,1-3H3,(H,17,22). The first-order valence-corrected chi connectivity index (χ1v) is 8.94. The maximum absolute atomic E-state index is 12.3. The van der Waals surface area contributed by atoms with Crippen LogP contribution in [0.15, 0.2) is 30.3 Å². The molecule has 1 heterocycles. The molecule has 0 saturated heterocycles. The predicted octanol–water partition coefficient (Wildman–Crippen LogP) is 2.76. The van der Waals surface area contributed by atoms with Crippen LogP contribution in [-0.4, -0.2) is 37.1 Å². The second kappa shape index (κ2) is 8.67. The first-order valence-electron chi connectivity index (χ1n) is 7.89. The normalized spacial score (nSPS) is 13.5. The van der Waals surface area contributed by atoms with Crippen molar-refractivity contribution >= 4 is 17.7 Å². The van der Waals surface area contributed by atoms with Crippen molar-refractivity contribution in [2.45, 2.75) is 44.9 Å². The fraction of sp³-hybridized carbons (Fsp3) is 0.500. The molecule has 2 rings (SSSR count). The van der Waals surface area contributed by atoms with Crippen molar-refractivity contribution in [2.24, 2.45) is 0 Å². The number of hydrogen-bond acceptors (Lipinski definition) is 5. The molecule has 0 radical (unpaired) electrons. The Balaban J connectivity index is 2.00. The predicted molar refractivity (Wildman–Crippen MR) is 92.5 cm³/mol. The maximum Gasteiger partial charge on any atom is 0.233 e. The van der Waals surface area contributed by atoms with E-state index in [0.717, 1.165) is 24.3 Å². The number of nitrogens with zero attached hydrogens (tertiary/aromatic N) is 4. The van der Waals surface area contributed by atoms with Gasteiger partial charge in [-0.3, -0.25) is 4.79 Å². The Hall–Kier alpha value is -1.89.